The molecule has 32 heavy (non-hydrogen) atoms. The molecule has 0 fully saturated rings. The van der Waals surface area contributed by atoms with E-state index in [0.29, 0.717) is 11.4 Å². The van der Waals surface area contributed by atoms with Gasteiger partial charge in [0.05, 0.1) is 34.5 Å². The Balaban J connectivity index is 1.66. The van der Waals surface area contributed by atoms with Gasteiger partial charge in [0, 0.05) is 17.2 Å². The first kappa shape index (κ1) is 21.3. The van der Waals surface area contributed by atoms with Gasteiger partial charge in [-0.15, -0.1) is 11.3 Å². The fourth-order valence-electron chi connectivity index (χ4n) is 3.21. The second-order valence-corrected chi connectivity index (χ2v) is 7.76. The fraction of sp³-hybridized carbons (Fsp3) is 0.130. The van der Waals surface area contributed by atoms with Crippen molar-refractivity contribution in [1.29, 1.82) is 0 Å². The molecule has 0 bridgehead atoms. The van der Waals surface area contributed by atoms with Crippen LogP contribution >= 0.6 is 11.3 Å². The molecule has 8 nitrogen and oxygen atoms in total. The summed E-state index contributed by atoms with van der Waals surface area (Å²) in [5.74, 6) is 0.0732. The van der Waals surface area contributed by atoms with Crippen molar-refractivity contribution < 1.29 is 19.2 Å². The Morgan fingerprint density at radius 1 is 1.12 bits per heavy atom. The predicted molar refractivity (Wildman–Crippen MR) is 124 cm³/mol. The highest BCUT2D eigenvalue weighted by Gasteiger charge is 2.20. The van der Waals surface area contributed by atoms with E-state index >= 15 is 0 Å². The molecule has 9 heteroatoms. The maximum absolute atomic E-state index is 12.9. The fourth-order valence-corrected chi connectivity index (χ4v) is 4.17. The number of nitrogens with zero attached hydrogens (tertiary/aromatic N) is 2. The number of para-hydroxylation sites is 1. The second-order valence-electron chi connectivity index (χ2n) is 6.73. The zero-order valence-electron chi connectivity index (χ0n) is 17.3. The molecule has 0 spiro atoms. The minimum absolute atomic E-state index is 0.115. The number of carbonyl (C=O) groups excluding carboxylic acids is 1. The van der Waals surface area contributed by atoms with Crippen LogP contribution in [-0.4, -0.2) is 29.5 Å². The van der Waals surface area contributed by atoms with E-state index in [9.17, 15) is 14.9 Å². The number of nitro benzene ring substituents is 1. The van der Waals surface area contributed by atoms with Gasteiger partial charge < -0.3 is 14.8 Å². The van der Waals surface area contributed by atoms with Crippen molar-refractivity contribution in [1.82, 2.24) is 4.98 Å². The Morgan fingerprint density at radius 3 is 2.62 bits per heavy atom. The van der Waals surface area contributed by atoms with E-state index in [-0.39, 0.29) is 23.6 Å². The van der Waals surface area contributed by atoms with Gasteiger partial charge in [0.15, 0.2) is 5.75 Å². The number of fused-ring (bicyclic) bond motifs is 1. The Labute approximate surface area is 187 Å². The molecule has 1 aromatic heterocycles. The number of hydrogen-bond donors (Lipinski definition) is 1. The first-order valence-electron chi connectivity index (χ1n) is 9.76. The van der Waals surface area contributed by atoms with E-state index in [1.54, 1.807) is 30.4 Å². The van der Waals surface area contributed by atoms with Crippen LogP contribution in [0.15, 0.2) is 60.7 Å². The van der Waals surface area contributed by atoms with Crippen LogP contribution in [0.5, 0.6) is 11.5 Å². The van der Waals surface area contributed by atoms with Gasteiger partial charge in [0.1, 0.15) is 10.8 Å². The van der Waals surface area contributed by atoms with Gasteiger partial charge in [-0.3, -0.25) is 14.9 Å². The number of thiazole rings is 1. The summed E-state index contributed by atoms with van der Waals surface area (Å²) in [6.45, 7) is 2.01. The molecule has 1 N–H and O–H groups in total. The van der Waals surface area contributed by atoms with Gasteiger partial charge in [-0.1, -0.05) is 12.1 Å². The zero-order chi connectivity index (χ0) is 22.7. The van der Waals surface area contributed by atoms with Crippen LogP contribution in [0.2, 0.25) is 0 Å². The molecule has 0 atom stereocenters. The Kier molecular flexibility index (Phi) is 6.00. The second kappa shape index (κ2) is 9.03. The van der Waals surface area contributed by atoms with E-state index in [0.717, 1.165) is 20.8 Å². The highest BCUT2D eigenvalue weighted by molar-refractivity contribution is 7.21. The van der Waals surface area contributed by atoms with Crippen molar-refractivity contribution in [2.45, 2.75) is 6.92 Å². The first-order valence-corrected chi connectivity index (χ1v) is 10.6. The number of methoxy groups -OCH3 is 1. The lowest BCUT2D eigenvalue weighted by Gasteiger charge is -2.12. The highest BCUT2D eigenvalue weighted by Crippen LogP contribution is 2.35. The monoisotopic (exact) mass is 449 g/mol. The number of amides is 1. The molecule has 1 heterocycles. The van der Waals surface area contributed by atoms with Crippen LogP contribution < -0.4 is 14.8 Å². The lowest BCUT2D eigenvalue weighted by molar-refractivity contribution is -0.385. The van der Waals surface area contributed by atoms with E-state index in [4.69, 9.17) is 9.47 Å². The summed E-state index contributed by atoms with van der Waals surface area (Å²) in [7, 11) is 1.50. The van der Waals surface area contributed by atoms with Crippen LogP contribution in [0, 0.1) is 10.1 Å². The molecule has 0 aliphatic rings. The summed E-state index contributed by atoms with van der Waals surface area (Å²) in [6, 6.07) is 17.3. The van der Waals surface area contributed by atoms with Crippen LogP contribution in [-0.2, 0) is 0 Å². The number of ether oxygens (including phenoxy) is 2. The van der Waals surface area contributed by atoms with Crippen molar-refractivity contribution in [3.05, 3.63) is 76.3 Å². The minimum Gasteiger partial charge on any atom is -0.495 e. The maximum Gasteiger partial charge on any atom is 0.311 e. The molecular formula is C23H19N3O5S. The lowest BCUT2D eigenvalue weighted by atomic mass is 10.1. The average molecular weight is 449 g/mol. The molecule has 0 saturated carbocycles. The van der Waals surface area contributed by atoms with Crippen molar-refractivity contribution >= 4 is 38.8 Å². The molecule has 0 aliphatic carbocycles. The van der Waals surface area contributed by atoms with Gasteiger partial charge in [-0.05, 0) is 49.4 Å². The van der Waals surface area contributed by atoms with E-state index in [2.05, 4.69) is 10.3 Å². The van der Waals surface area contributed by atoms with Crippen molar-refractivity contribution in [2.75, 3.05) is 19.0 Å². The Bertz CT molecular complexity index is 1290. The summed E-state index contributed by atoms with van der Waals surface area (Å²) in [5, 5.41) is 15.0. The summed E-state index contributed by atoms with van der Waals surface area (Å²) < 4.78 is 11.7. The van der Waals surface area contributed by atoms with Gasteiger partial charge in [-0.25, -0.2) is 4.98 Å². The summed E-state index contributed by atoms with van der Waals surface area (Å²) in [6.07, 6.45) is 0. The third-order valence-electron chi connectivity index (χ3n) is 4.71. The number of nitro groups is 1. The van der Waals surface area contributed by atoms with Gasteiger partial charge >= 0.3 is 5.69 Å². The SMILES string of the molecule is CCOc1ccc(C(=O)Nc2cc(-c3nc4ccccc4s3)ccc2OC)cc1[N+](=O)[O-]. The van der Waals surface area contributed by atoms with E-state index in [1.807, 2.05) is 30.3 Å². The van der Waals surface area contributed by atoms with Gasteiger partial charge in [0.2, 0.25) is 0 Å². The maximum atomic E-state index is 12.9. The Hall–Kier alpha value is -3.98. The van der Waals surface area contributed by atoms with Gasteiger partial charge in [-0.2, -0.15) is 0 Å². The van der Waals surface area contributed by atoms with Crippen LogP contribution in [0.25, 0.3) is 20.8 Å². The number of anilines is 1. The van der Waals surface area contributed by atoms with Crippen molar-refractivity contribution in [3.8, 4) is 22.1 Å². The lowest BCUT2D eigenvalue weighted by Crippen LogP contribution is -2.13. The van der Waals surface area contributed by atoms with Crippen LogP contribution in [0.3, 0.4) is 0 Å². The smallest absolute Gasteiger partial charge is 0.311 e. The predicted octanol–water partition coefficient (Wildman–Crippen LogP) is 5.53. The molecule has 4 rings (SSSR count). The number of aromatic nitrogens is 1. The number of benzene rings is 3. The van der Waals surface area contributed by atoms with Crippen molar-refractivity contribution in [2.24, 2.45) is 0 Å². The largest absolute Gasteiger partial charge is 0.495 e. The normalized spacial score (nSPS) is 10.7. The van der Waals surface area contributed by atoms with E-state index < -0.39 is 10.8 Å². The third-order valence-corrected chi connectivity index (χ3v) is 5.79. The first-order chi connectivity index (χ1) is 15.5. The number of rotatable bonds is 7. The molecule has 0 unspecified atom stereocenters. The third kappa shape index (κ3) is 4.23. The molecule has 0 saturated heterocycles. The summed E-state index contributed by atoms with van der Waals surface area (Å²) in [5.41, 5.74) is 2.02. The summed E-state index contributed by atoms with van der Waals surface area (Å²) in [4.78, 5) is 28.3. The number of nitrogens with one attached hydrogen (secondary N) is 1. The van der Waals surface area contributed by atoms with E-state index in [1.165, 1.54) is 25.3 Å². The topological polar surface area (TPSA) is 104 Å². The molecule has 0 radical (unpaired) electrons. The highest BCUT2D eigenvalue weighted by atomic mass is 32.1. The standard InChI is InChI=1S/C23H19N3O5S/c1-3-31-20-11-8-14(13-18(20)26(28)29)22(27)24-17-12-15(9-10-19(17)30-2)23-25-16-6-4-5-7-21(16)32-23/h4-13H,3H2,1-2H3,(H,24,27). The number of carbonyl (C=O) groups is 1. The molecule has 3 aromatic carbocycles. The van der Waals surface area contributed by atoms with Gasteiger partial charge in [0.25, 0.3) is 5.91 Å². The minimum atomic E-state index is -0.573. The quantitative estimate of drug-likeness (QED) is 0.294. The van der Waals surface area contributed by atoms with Crippen LogP contribution in [0.4, 0.5) is 11.4 Å². The number of hydrogen-bond acceptors (Lipinski definition) is 7. The summed E-state index contributed by atoms with van der Waals surface area (Å²) >= 11 is 1.55. The molecule has 1 amide bonds. The molecule has 0 aliphatic heterocycles. The van der Waals surface area contributed by atoms with Crippen LogP contribution in [0.1, 0.15) is 17.3 Å². The Morgan fingerprint density at radius 2 is 1.91 bits per heavy atom. The molecule has 162 valence electrons. The zero-order valence-corrected chi connectivity index (χ0v) is 18.1. The average Bonchev–Trinajstić information content (AvgIpc) is 3.23. The molecular weight excluding hydrogens is 430 g/mol. The van der Waals surface area contributed by atoms with Crippen molar-refractivity contribution in [3.63, 3.8) is 0 Å². The molecule has 4 aromatic rings.